The lowest BCUT2D eigenvalue weighted by Crippen LogP contribution is -2.58. The predicted molar refractivity (Wildman–Crippen MR) is 136 cm³/mol. The number of carbonyl (C=O) groups is 2. The van der Waals surface area contributed by atoms with E-state index in [1.54, 1.807) is 25.3 Å². The molecule has 6 rings (SSSR count). The number of hydrogen-bond acceptors (Lipinski definition) is 6. The van der Waals surface area contributed by atoms with Crippen LogP contribution in [0.25, 0.3) is 0 Å². The third-order valence-electron chi connectivity index (χ3n) is 7.39. The summed E-state index contributed by atoms with van der Waals surface area (Å²) in [5.74, 6) is -0.400. The fraction of sp³-hybridized carbons (Fsp3) is 0.207. The number of methoxy groups -OCH3 is 2. The molecule has 2 atom stereocenters. The third-order valence-corrected chi connectivity index (χ3v) is 7.39. The number of alkyl halides is 3. The number of ether oxygens (including phenoxy) is 2. The number of hydrogen-bond donors (Lipinski definition) is 0. The Hall–Kier alpha value is -4.44. The second kappa shape index (κ2) is 8.81. The second-order valence-electron chi connectivity index (χ2n) is 9.43. The van der Waals surface area contributed by atoms with Crippen LogP contribution >= 0.6 is 0 Å². The minimum absolute atomic E-state index is 0.183. The van der Waals surface area contributed by atoms with Gasteiger partial charge in [0, 0.05) is 12.1 Å². The van der Waals surface area contributed by atoms with Gasteiger partial charge in [-0.25, -0.2) is 4.79 Å². The minimum atomic E-state index is -4.52. The lowest BCUT2D eigenvalue weighted by atomic mass is 9.81. The van der Waals surface area contributed by atoms with Crippen molar-refractivity contribution in [1.29, 1.82) is 0 Å². The Balaban J connectivity index is 1.52. The van der Waals surface area contributed by atoms with E-state index in [0.717, 1.165) is 28.3 Å². The minimum Gasteiger partial charge on any atom is -0.497 e. The number of nitrogens with zero attached hydrogens (tertiary/aromatic N) is 3. The highest BCUT2D eigenvalue weighted by Gasteiger charge is 2.64. The quantitative estimate of drug-likeness (QED) is 0.438. The molecule has 0 radical (unpaired) electrons. The van der Waals surface area contributed by atoms with E-state index in [1.165, 1.54) is 19.2 Å². The Bertz CT molecular complexity index is 1550. The van der Waals surface area contributed by atoms with E-state index < -0.39 is 35.2 Å². The molecule has 3 aromatic carbocycles. The number of rotatable bonds is 5. The van der Waals surface area contributed by atoms with Crippen LogP contribution in [0.2, 0.25) is 0 Å². The van der Waals surface area contributed by atoms with E-state index in [9.17, 15) is 22.8 Å². The summed E-state index contributed by atoms with van der Waals surface area (Å²) in [7, 11) is 2.85. The molecule has 0 aliphatic carbocycles. The first-order valence-corrected chi connectivity index (χ1v) is 12.1. The summed E-state index contributed by atoms with van der Waals surface area (Å²) in [4.78, 5) is 29.2. The van der Waals surface area contributed by atoms with Gasteiger partial charge in [-0.05, 0) is 53.6 Å². The van der Waals surface area contributed by atoms with Crippen LogP contribution in [0.15, 0.2) is 89.5 Å². The van der Waals surface area contributed by atoms with Crippen molar-refractivity contribution in [3.63, 3.8) is 0 Å². The molecule has 3 aliphatic rings. The standard InChI is InChI=1S/C29H22F3N3O4/c1-38-20-13-7-17(8-14-20)16-34-24-21-5-3-4-6-22(21)25-28(34,15-23(24)26(36)39-2)27(37)35(33-25)19-11-9-18(10-12-19)29(30,31)32/h3-15,24H,16H2,1-2H3/t24-,28-/m0/s1. The molecule has 2 bridgehead atoms. The highest BCUT2D eigenvalue weighted by Crippen LogP contribution is 2.53. The van der Waals surface area contributed by atoms with Crippen LogP contribution in [0.4, 0.5) is 18.9 Å². The Morgan fingerprint density at radius 1 is 1.00 bits per heavy atom. The SMILES string of the molecule is COC(=O)C1=C[C@@]23C(=O)N(c4ccc(C(F)(F)F)cc4)N=C2c2ccccc2[C@@H]1N3Cc1ccc(OC)cc1. The van der Waals surface area contributed by atoms with Crippen LogP contribution in [0.5, 0.6) is 5.75 Å². The van der Waals surface area contributed by atoms with Crippen molar-refractivity contribution in [3.8, 4) is 5.75 Å². The smallest absolute Gasteiger partial charge is 0.416 e. The van der Waals surface area contributed by atoms with Crippen LogP contribution in [0.1, 0.15) is 28.3 Å². The third kappa shape index (κ3) is 3.66. The van der Waals surface area contributed by atoms with Crippen LogP contribution in [0, 0.1) is 0 Å². The average Bonchev–Trinajstić information content (AvgIpc) is 3.39. The molecule has 0 aromatic heterocycles. The van der Waals surface area contributed by atoms with Crippen molar-refractivity contribution in [2.45, 2.75) is 24.3 Å². The zero-order chi connectivity index (χ0) is 27.5. The highest BCUT2D eigenvalue weighted by atomic mass is 19.4. The molecule has 10 heteroatoms. The summed E-state index contributed by atoms with van der Waals surface area (Å²) < 4.78 is 49.9. The van der Waals surface area contributed by atoms with Crippen LogP contribution < -0.4 is 9.75 Å². The van der Waals surface area contributed by atoms with E-state index in [2.05, 4.69) is 5.10 Å². The Morgan fingerprint density at radius 3 is 2.33 bits per heavy atom. The molecule has 0 N–H and O–H groups in total. The van der Waals surface area contributed by atoms with Gasteiger partial charge in [-0.2, -0.15) is 23.3 Å². The summed E-state index contributed by atoms with van der Waals surface area (Å²) in [6.07, 6.45) is -2.92. The van der Waals surface area contributed by atoms with Crippen LogP contribution in [-0.4, -0.2) is 42.2 Å². The first-order chi connectivity index (χ1) is 18.7. The van der Waals surface area contributed by atoms with E-state index in [-0.39, 0.29) is 12.2 Å². The molecule has 7 nitrogen and oxygen atoms in total. The molecule has 1 amide bonds. The first-order valence-electron chi connectivity index (χ1n) is 12.1. The zero-order valence-electron chi connectivity index (χ0n) is 20.9. The summed E-state index contributed by atoms with van der Waals surface area (Å²) in [6, 6.07) is 18.4. The van der Waals surface area contributed by atoms with Gasteiger partial charge in [-0.3, -0.25) is 9.69 Å². The normalized spacial score (nSPS) is 21.7. The predicted octanol–water partition coefficient (Wildman–Crippen LogP) is 4.87. The number of anilines is 1. The lowest BCUT2D eigenvalue weighted by molar-refractivity contribution is -0.138. The number of amides is 1. The number of esters is 1. The van der Waals surface area contributed by atoms with Gasteiger partial charge in [0.15, 0.2) is 5.54 Å². The number of carbonyl (C=O) groups excluding carboxylic acids is 2. The molecular weight excluding hydrogens is 511 g/mol. The highest BCUT2D eigenvalue weighted by molar-refractivity contribution is 6.32. The van der Waals surface area contributed by atoms with E-state index in [4.69, 9.17) is 9.47 Å². The largest absolute Gasteiger partial charge is 0.497 e. The van der Waals surface area contributed by atoms with Gasteiger partial charge in [-0.15, -0.1) is 0 Å². The van der Waals surface area contributed by atoms with Crippen molar-refractivity contribution in [1.82, 2.24) is 4.90 Å². The Morgan fingerprint density at radius 2 is 1.69 bits per heavy atom. The molecule has 3 aromatic rings. The van der Waals surface area contributed by atoms with Gasteiger partial charge in [0.1, 0.15) is 11.5 Å². The maximum absolute atomic E-state index is 14.3. The van der Waals surface area contributed by atoms with Crippen molar-refractivity contribution in [2.75, 3.05) is 19.2 Å². The van der Waals surface area contributed by atoms with Gasteiger partial charge in [0.2, 0.25) is 0 Å². The number of fused-ring (bicyclic) bond motifs is 4. The monoisotopic (exact) mass is 533 g/mol. The number of benzene rings is 3. The molecule has 3 aliphatic heterocycles. The van der Waals surface area contributed by atoms with Gasteiger partial charge in [-0.1, -0.05) is 36.4 Å². The Kier molecular flexibility index (Phi) is 5.62. The van der Waals surface area contributed by atoms with E-state index >= 15 is 0 Å². The van der Waals surface area contributed by atoms with Gasteiger partial charge in [0.05, 0.1) is 37.1 Å². The number of hydrazone groups is 1. The fourth-order valence-electron chi connectivity index (χ4n) is 5.58. The topological polar surface area (TPSA) is 71.4 Å². The molecule has 0 unspecified atom stereocenters. The Labute approximate surface area is 221 Å². The molecule has 3 heterocycles. The van der Waals surface area contributed by atoms with Gasteiger partial charge in [0.25, 0.3) is 5.91 Å². The van der Waals surface area contributed by atoms with Crippen LogP contribution in [0.3, 0.4) is 0 Å². The van der Waals surface area contributed by atoms with E-state index in [0.29, 0.717) is 22.6 Å². The lowest BCUT2D eigenvalue weighted by Gasteiger charge is -2.42. The van der Waals surface area contributed by atoms with Crippen molar-refractivity contribution in [3.05, 3.63) is 107 Å². The summed E-state index contributed by atoms with van der Waals surface area (Å²) in [5.41, 5.74) is 0.898. The van der Waals surface area contributed by atoms with Crippen molar-refractivity contribution in [2.24, 2.45) is 5.10 Å². The fourth-order valence-corrected chi connectivity index (χ4v) is 5.58. The first kappa shape index (κ1) is 24.9. The van der Waals surface area contributed by atoms with E-state index in [1.807, 2.05) is 41.3 Å². The van der Waals surface area contributed by atoms with Crippen molar-refractivity contribution < 1.29 is 32.2 Å². The molecule has 0 fully saturated rings. The molecule has 198 valence electrons. The van der Waals surface area contributed by atoms with Gasteiger partial charge < -0.3 is 9.47 Å². The van der Waals surface area contributed by atoms with Crippen LogP contribution in [-0.2, 0) is 27.0 Å². The summed E-state index contributed by atoms with van der Waals surface area (Å²) in [5, 5.41) is 5.78. The molecule has 1 spiro atoms. The molecule has 0 saturated carbocycles. The molecule has 39 heavy (non-hydrogen) atoms. The van der Waals surface area contributed by atoms with Gasteiger partial charge >= 0.3 is 12.1 Å². The zero-order valence-corrected chi connectivity index (χ0v) is 20.9. The molecular formula is C29H22F3N3O4. The summed E-state index contributed by atoms with van der Waals surface area (Å²) in [6.45, 7) is 0.269. The maximum atomic E-state index is 14.3. The number of halogens is 3. The average molecular weight is 534 g/mol. The molecule has 0 saturated heterocycles. The maximum Gasteiger partial charge on any atom is 0.416 e. The second-order valence-corrected chi connectivity index (χ2v) is 9.43. The van der Waals surface area contributed by atoms with Crippen molar-refractivity contribution >= 4 is 23.3 Å². The summed E-state index contributed by atoms with van der Waals surface area (Å²) >= 11 is 0.